The summed E-state index contributed by atoms with van der Waals surface area (Å²) in [5, 5.41) is 2.50. The molecule has 2 nitrogen and oxygen atoms in total. The molecule has 1 heterocycles. The molecule has 2 aromatic rings. The van der Waals surface area contributed by atoms with Gasteiger partial charge >= 0.3 is 0 Å². The Bertz CT molecular complexity index is 413. The first-order valence-corrected chi connectivity index (χ1v) is 4.93. The SMILES string of the molecule is COc1cc2c(Cl)ccc(N)c2s1. The number of anilines is 1. The van der Waals surface area contributed by atoms with Crippen molar-refractivity contribution < 1.29 is 4.74 Å². The number of rotatable bonds is 1. The first kappa shape index (κ1) is 8.66. The Kier molecular flexibility index (Phi) is 2.06. The quantitative estimate of drug-likeness (QED) is 0.739. The van der Waals surface area contributed by atoms with Gasteiger partial charge in [0.1, 0.15) is 0 Å². The number of methoxy groups -OCH3 is 1. The lowest BCUT2D eigenvalue weighted by Gasteiger charge is -1.95. The molecular weight excluding hydrogens is 206 g/mol. The van der Waals surface area contributed by atoms with Gasteiger partial charge < -0.3 is 10.5 Å². The first-order chi connectivity index (χ1) is 6.22. The number of ether oxygens (including phenoxy) is 1. The van der Waals surface area contributed by atoms with E-state index in [-0.39, 0.29) is 0 Å². The highest BCUT2D eigenvalue weighted by Gasteiger charge is 2.07. The van der Waals surface area contributed by atoms with Crippen LogP contribution in [0, 0.1) is 0 Å². The Morgan fingerprint density at radius 1 is 1.46 bits per heavy atom. The molecule has 2 N–H and O–H groups in total. The third-order valence-electron chi connectivity index (χ3n) is 1.84. The summed E-state index contributed by atoms with van der Waals surface area (Å²) in [4.78, 5) is 0. The van der Waals surface area contributed by atoms with Crippen molar-refractivity contribution in [2.45, 2.75) is 0 Å². The van der Waals surface area contributed by atoms with Gasteiger partial charge in [-0.1, -0.05) is 22.9 Å². The molecule has 0 aliphatic heterocycles. The van der Waals surface area contributed by atoms with E-state index in [1.165, 1.54) is 11.3 Å². The number of fused-ring (bicyclic) bond motifs is 1. The molecule has 13 heavy (non-hydrogen) atoms. The van der Waals surface area contributed by atoms with Crippen LogP contribution in [0.25, 0.3) is 10.1 Å². The Hall–Kier alpha value is -0.930. The van der Waals surface area contributed by atoms with E-state index in [9.17, 15) is 0 Å². The summed E-state index contributed by atoms with van der Waals surface area (Å²) in [6, 6.07) is 5.50. The third-order valence-corrected chi connectivity index (χ3v) is 3.31. The van der Waals surface area contributed by atoms with Crippen LogP contribution in [0.15, 0.2) is 18.2 Å². The summed E-state index contributed by atoms with van der Waals surface area (Å²) in [5.41, 5.74) is 6.53. The molecule has 2 rings (SSSR count). The highest BCUT2D eigenvalue weighted by molar-refractivity contribution is 7.21. The van der Waals surface area contributed by atoms with Crippen LogP contribution in [0.2, 0.25) is 5.02 Å². The van der Waals surface area contributed by atoms with Crippen molar-refractivity contribution in [2.24, 2.45) is 0 Å². The molecule has 0 saturated heterocycles. The molecule has 0 fully saturated rings. The van der Waals surface area contributed by atoms with Crippen LogP contribution in [0.5, 0.6) is 5.06 Å². The van der Waals surface area contributed by atoms with Gasteiger partial charge in [0.05, 0.1) is 11.8 Å². The zero-order valence-electron chi connectivity index (χ0n) is 7.00. The van der Waals surface area contributed by atoms with Crippen molar-refractivity contribution in [3.05, 3.63) is 23.2 Å². The maximum atomic E-state index is 5.99. The van der Waals surface area contributed by atoms with E-state index in [0.717, 1.165) is 20.8 Å². The fraction of sp³-hybridized carbons (Fsp3) is 0.111. The van der Waals surface area contributed by atoms with Crippen molar-refractivity contribution in [3.63, 3.8) is 0 Å². The molecular formula is C9H8ClNOS. The summed E-state index contributed by atoms with van der Waals surface area (Å²) >= 11 is 7.50. The van der Waals surface area contributed by atoms with E-state index >= 15 is 0 Å². The molecule has 68 valence electrons. The molecule has 0 bridgehead atoms. The van der Waals surface area contributed by atoms with Gasteiger partial charge in [0.15, 0.2) is 5.06 Å². The monoisotopic (exact) mass is 213 g/mol. The van der Waals surface area contributed by atoms with Gasteiger partial charge in [-0.25, -0.2) is 0 Å². The summed E-state index contributed by atoms with van der Waals surface area (Å²) in [7, 11) is 1.63. The molecule has 0 atom stereocenters. The molecule has 0 spiro atoms. The van der Waals surface area contributed by atoms with Gasteiger partial charge in [0.25, 0.3) is 0 Å². The second kappa shape index (κ2) is 3.09. The van der Waals surface area contributed by atoms with Crippen molar-refractivity contribution in [1.29, 1.82) is 0 Å². The number of thiophene rings is 1. The summed E-state index contributed by atoms with van der Waals surface area (Å²) in [6.07, 6.45) is 0. The second-order valence-corrected chi connectivity index (χ2v) is 4.07. The molecule has 1 aromatic heterocycles. The number of halogens is 1. The van der Waals surface area contributed by atoms with Crippen LogP contribution in [0.3, 0.4) is 0 Å². The minimum Gasteiger partial charge on any atom is -0.487 e. The molecule has 0 aliphatic carbocycles. The Balaban J connectivity index is 2.80. The number of hydrogen-bond acceptors (Lipinski definition) is 3. The van der Waals surface area contributed by atoms with Crippen molar-refractivity contribution in [3.8, 4) is 5.06 Å². The average Bonchev–Trinajstić information content (AvgIpc) is 2.56. The summed E-state index contributed by atoms with van der Waals surface area (Å²) in [5.74, 6) is 0. The predicted molar refractivity (Wildman–Crippen MR) is 57.8 cm³/mol. The van der Waals surface area contributed by atoms with Gasteiger partial charge in [0, 0.05) is 22.2 Å². The van der Waals surface area contributed by atoms with E-state index in [1.807, 2.05) is 6.07 Å². The minimum atomic E-state index is 0.712. The minimum absolute atomic E-state index is 0.712. The molecule has 0 unspecified atom stereocenters. The maximum absolute atomic E-state index is 5.99. The number of nitrogen functional groups attached to an aromatic ring is 1. The summed E-state index contributed by atoms with van der Waals surface area (Å²) < 4.78 is 6.10. The van der Waals surface area contributed by atoms with Crippen LogP contribution in [0.1, 0.15) is 0 Å². The molecule has 0 amide bonds. The number of nitrogens with two attached hydrogens (primary N) is 1. The Morgan fingerprint density at radius 2 is 2.23 bits per heavy atom. The van der Waals surface area contributed by atoms with Crippen LogP contribution < -0.4 is 10.5 Å². The molecule has 0 aliphatic rings. The third kappa shape index (κ3) is 1.34. The van der Waals surface area contributed by atoms with E-state index in [1.54, 1.807) is 19.2 Å². The summed E-state index contributed by atoms with van der Waals surface area (Å²) in [6.45, 7) is 0. The zero-order valence-corrected chi connectivity index (χ0v) is 8.58. The van der Waals surface area contributed by atoms with Crippen molar-refractivity contribution in [2.75, 3.05) is 12.8 Å². The lowest BCUT2D eigenvalue weighted by molar-refractivity contribution is 0.427. The van der Waals surface area contributed by atoms with Gasteiger partial charge in [-0.15, -0.1) is 0 Å². The predicted octanol–water partition coefficient (Wildman–Crippen LogP) is 3.15. The highest BCUT2D eigenvalue weighted by Crippen LogP contribution is 2.38. The van der Waals surface area contributed by atoms with Crippen molar-refractivity contribution in [1.82, 2.24) is 0 Å². The van der Waals surface area contributed by atoms with E-state index in [4.69, 9.17) is 22.1 Å². The fourth-order valence-corrected chi connectivity index (χ4v) is 2.38. The van der Waals surface area contributed by atoms with Crippen LogP contribution >= 0.6 is 22.9 Å². The normalized spacial score (nSPS) is 10.6. The largest absolute Gasteiger partial charge is 0.487 e. The maximum Gasteiger partial charge on any atom is 0.174 e. The zero-order chi connectivity index (χ0) is 9.42. The fourth-order valence-electron chi connectivity index (χ4n) is 1.19. The average molecular weight is 214 g/mol. The smallest absolute Gasteiger partial charge is 0.174 e. The Labute approximate surface area is 84.9 Å². The van der Waals surface area contributed by atoms with Crippen LogP contribution in [-0.2, 0) is 0 Å². The van der Waals surface area contributed by atoms with E-state index < -0.39 is 0 Å². The van der Waals surface area contributed by atoms with Gasteiger partial charge in [-0.3, -0.25) is 0 Å². The van der Waals surface area contributed by atoms with Gasteiger partial charge in [-0.05, 0) is 12.1 Å². The molecule has 0 saturated carbocycles. The van der Waals surface area contributed by atoms with E-state index in [0.29, 0.717) is 5.02 Å². The number of benzene rings is 1. The molecule has 1 aromatic carbocycles. The second-order valence-electron chi connectivity index (χ2n) is 2.65. The van der Waals surface area contributed by atoms with Gasteiger partial charge in [-0.2, -0.15) is 0 Å². The van der Waals surface area contributed by atoms with Gasteiger partial charge in [0.2, 0.25) is 0 Å². The van der Waals surface area contributed by atoms with E-state index in [2.05, 4.69) is 0 Å². The standard InChI is InChI=1S/C9H8ClNOS/c1-12-8-4-5-6(10)2-3-7(11)9(5)13-8/h2-4H,11H2,1H3. The van der Waals surface area contributed by atoms with Crippen LogP contribution in [-0.4, -0.2) is 7.11 Å². The topological polar surface area (TPSA) is 35.2 Å². The first-order valence-electron chi connectivity index (χ1n) is 3.74. The number of hydrogen-bond donors (Lipinski definition) is 1. The van der Waals surface area contributed by atoms with Crippen molar-refractivity contribution >= 4 is 38.7 Å². The van der Waals surface area contributed by atoms with Crippen LogP contribution in [0.4, 0.5) is 5.69 Å². The molecule has 4 heteroatoms. The lowest BCUT2D eigenvalue weighted by atomic mass is 10.2. The Morgan fingerprint density at radius 3 is 2.85 bits per heavy atom. The highest BCUT2D eigenvalue weighted by atomic mass is 35.5. The lowest BCUT2D eigenvalue weighted by Crippen LogP contribution is -1.82. The molecule has 0 radical (unpaired) electrons.